The zero-order valence-electron chi connectivity index (χ0n) is 9.08. The maximum atomic E-state index is 12.5. The van der Waals surface area contributed by atoms with Gasteiger partial charge in [0.2, 0.25) is 5.78 Å². The molecular formula is C12H10F2N2O. The summed E-state index contributed by atoms with van der Waals surface area (Å²) in [6, 6.07) is 4.75. The number of nitrogens with one attached hydrogen (secondary N) is 1. The average molecular weight is 236 g/mol. The molecule has 88 valence electrons. The van der Waals surface area contributed by atoms with Crippen molar-refractivity contribution in [1.29, 1.82) is 0 Å². The smallest absolute Gasteiger partial charge is 0.280 e. The molecule has 2 aromatic heterocycles. The van der Waals surface area contributed by atoms with Gasteiger partial charge in [-0.3, -0.25) is 9.78 Å². The Hall–Kier alpha value is -2.04. The minimum absolute atomic E-state index is 0.258. The number of nitrogens with zero attached hydrogens (tertiary/aromatic N) is 1. The number of hydrogen-bond donors (Lipinski definition) is 1. The third kappa shape index (κ3) is 2.22. The SMILES string of the molecule is Cc1cc(C(=O)c2ccc[nH]2)cnc1C(F)F. The Morgan fingerprint density at radius 3 is 2.76 bits per heavy atom. The highest BCUT2D eigenvalue weighted by molar-refractivity contribution is 6.07. The molecule has 1 N–H and O–H groups in total. The van der Waals surface area contributed by atoms with Crippen molar-refractivity contribution in [3.05, 3.63) is 53.1 Å². The van der Waals surface area contributed by atoms with Gasteiger partial charge >= 0.3 is 0 Å². The van der Waals surface area contributed by atoms with E-state index in [1.807, 2.05) is 0 Å². The van der Waals surface area contributed by atoms with Crippen LogP contribution in [-0.2, 0) is 0 Å². The Labute approximate surface area is 96.5 Å². The molecule has 0 aromatic carbocycles. The molecule has 0 saturated carbocycles. The quantitative estimate of drug-likeness (QED) is 0.833. The summed E-state index contributed by atoms with van der Waals surface area (Å²) >= 11 is 0. The van der Waals surface area contributed by atoms with Crippen molar-refractivity contribution in [2.45, 2.75) is 13.3 Å². The van der Waals surface area contributed by atoms with E-state index in [0.717, 1.165) is 0 Å². The normalized spacial score (nSPS) is 10.8. The summed E-state index contributed by atoms with van der Waals surface area (Å²) in [5.74, 6) is -0.258. The number of aromatic nitrogens is 2. The Morgan fingerprint density at radius 2 is 2.24 bits per heavy atom. The van der Waals surface area contributed by atoms with Crippen LogP contribution in [0, 0.1) is 6.92 Å². The topological polar surface area (TPSA) is 45.8 Å². The van der Waals surface area contributed by atoms with Crippen LogP contribution >= 0.6 is 0 Å². The van der Waals surface area contributed by atoms with Gasteiger partial charge in [0.15, 0.2) is 0 Å². The number of carbonyl (C=O) groups is 1. The molecule has 0 aliphatic rings. The van der Waals surface area contributed by atoms with E-state index in [4.69, 9.17) is 0 Å². The number of halogens is 2. The fourth-order valence-corrected chi connectivity index (χ4v) is 1.57. The highest BCUT2D eigenvalue weighted by Crippen LogP contribution is 2.21. The largest absolute Gasteiger partial charge is 0.359 e. The van der Waals surface area contributed by atoms with Crippen LogP contribution in [0.3, 0.4) is 0 Å². The fraction of sp³-hybridized carbons (Fsp3) is 0.167. The predicted octanol–water partition coefficient (Wildman–Crippen LogP) is 2.89. The zero-order valence-corrected chi connectivity index (χ0v) is 9.08. The van der Waals surface area contributed by atoms with Gasteiger partial charge in [-0.1, -0.05) is 0 Å². The first kappa shape index (κ1) is 11.4. The summed E-state index contributed by atoms with van der Waals surface area (Å²) in [6.07, 6.45) is 0.184. The van der Waals surface area contributed by atoms with E-state index in [-0.39, 0.29) is 11.5 Å². The summed E-state index contributed by atoms with van der Waals surface area (Å²) < 4.78 is 25.0. The number of ketones is 1. The lowest BCUT2D eigenvalue weighted by Gasteiger charge is -2.05. The van der Waals surface area contributed by atoms with Gasteiger partial charge < -0.3 is 4.98 Å². The number of carbonyl (C=O) groups excluding carboxylic acids is 1. The molecule has 2 heterocycles. The lowest BCUT2D eigenvalue weighted by molar-refractivity contribution is 0.103. The molecule has 0 atom stereocenters. The average Bonchev–Trinajstić information content (AvgIpc) is 2.80. The van der Waals surface area contributed by atoms with Gasteiger partial charge in [0.1, 0.15) is 5.69 Å². The molecule has 0 unspecified atom stereocenters. The molecule has 0 amide bonds. The Morgan fingerprint density at radius 1 is 1.47 bits per heavy atom. The molecular weight excluding hydrogens is 226 g/mol. The predicted molar refractivity (Wildman–Crippen MR) is 58.2 cm³/mol. The summed E-state index contributed by atoms with van der Waals surface area (Å²) in [5.41, 5.74) is 0.746. The zero-order chi connectivity index (χ0) is 12.4. The molecule has 0 aliphatic carbocycles. The first-order valence-corrected chi connectivity index (χ1v) is 5.02. The van der Waals surface area contributed by atoms with Crippen molar-refractivity contribution in [2.75, 3.05) is 0 Å². The van der Waals surface area contributed by atoms with Crippen LogP contribution in [-0.4, -0.2) is 15.8 Å². The molecule has 17 heavy (non-hydrogen) atoms. The Balaban J connectivity index is 2.35. The summed E-state index contributed by atoms with van der Waals surface area (Å²) in [5, 5.41) is 0. The number of aryl methyl sites for hydroxylation is 1. The van der Waals surface area contributed by atoms with Crippen molar-refractivity contribution in [1.82, 2.24) is 9.97 Å². The standard InChI is InChI=1S/C12H10F2N2O/c1-7-5-8(6-16-10(7)12(13)14)11(17)9-3-2-4-15-9/h2-6,12,15H,1H3. The molecule has 0 aliphatic heterocycles. The highest BCUT2D eigenvalue weighted by atomic mass is 19.3. The minimum atomic E-state index is -2.62. The molecule has 3 nitrogen and oxygen atoms in total. The fourth-order valence-electron chi connectivity index (χ4n) is 1.57. The van der Waals surface area contributed by atoms with E-state index < -0.39 is 6.43 Å². The lowest BCUT2D eigenvalue weighted by atomic mass is 10.1. The van der Waals surface area contributed by atoms with Crippen molar-refractivity contribution < 1.29 is 13.6 Å². The third-order valence-electron chi connectivity index (χ3n) is 2.43. The molecule has 0 bridgehead atoms. The van der Waals surface area contributed by atoms with Crippen LogP contribution in [0.25, 0.3) is 0 Å². The first-order valence-electron chi connectivity index (χ1n) is 5.02. The summed E-state index contributed by atoms with van der Waals surface area (Å²) in [6.45, 7) is 1.51. The van der Waals surface area contributed by atoms with Crippen LogP contribution in [0.5, 0.6) is 0 Å². The molecule has 0 fully saturated rings. The number of aromatic amines is 1. The van der Waals surface area contributed by atoms with Crippen LogP contribution in [0.1, 0.15) is 33.7 Å². The van der Waals surface area contributed by atoms with Crippen LogP contribution in [0.4, 0.5) is 8.78 Å². The van der Waals surface area contributed by atoms with Gasteiger partial charge in [-0.15, -0.1) is 0 Å². The molecule has 0 spiro atoms. The number of rotatable bonds is 3. The second kappa shape index (κ2) is 4.45. The van der Waals surface area contributed by atoms with E-state index in [9.17, 15) is 13.6 Å². The van der Waals surface area contributed by atoms with E-state index in [2.05, 4.69) is 9.97 Å². The van der Waals surface area contributed by atoms with Crippen LogP contribution < -0.4 is 0 Å². The second-order valence-corrected chi connectivity index (χ2v) is 3.64. The lowest BCUT2D eigenvalue weighted by Crippen LogP contribution is -2.05. The van der Waals surface area contributed by atoms with Crippen molar-refractivity contribution in [3.8, 4) is 0 Å². The monoisotopic (exact) mass is 236 g/mol. The number of pyridine rings is 1. The van der Waals surface area contributed by atoms with Gasteiger partial charge in [0.25, 0.3) is 6.43 Å². The number of alkyl halides is 2. The van der Waals surface area contributed by atoms with E-state index in [1.165, 1.54) is 19.2 Å². The highest BCUT2D eigenvalue weighted by Gasteiger charge is 2.16. The van der Waals surface area contributed by atoms with E-state index in [1.54, 1.807) is 18.3 Å². The Kier molecular flexibility index (Phi) is 2.99. The summed E-state index contributed by atoms with van der Waals surface area (Å²) in [7, 11) is 0. The molecule has 2 rings (SSSR count). The van der Waals surface area contributed by atoms with E-state index in [0.29, 0.717) is 16.8 Å². The number of hydrogen-bond acceptors (Lipinski definition) is 2. The van der Waals surface area contributed by atoms with Crippen molar-refractivity contribution in [2.24, 2.45) is 0 Å². The van der Waals surface area contributed by atoms with Gasteiger partial charge in [0, 0.05) is 18.0 Å². The van der Waals surface area contributed by atoms with Crippen molar-refractivity contribution >= 4 is 5.78 Å². The van der Waals surface area contributed by atoms with Crippen LogP contribution in [0.15, 0.2) is 30.6 Å². The second-order valence-electron chi connectivity index (χ2n) is 3.64. The maximum absolute atomic E-state index is 12.5. The first-order chi connectivity index (χ1) is 8.09. The van der Waals surface area contributed by atoms with E-state index >= 15 is 0 Å². The molecule has 5 heteroatoms. The van der Waals surface area contributed by atoms with Gasteiger partial charge in [0.05, 0.1) is 5.69 Å². The minimum Gasteiger partial charge on any atom is -0.359 e. The third-order valence-corrected chi connectivity index (χ3v) is 2.43. The molecule has 0 saturated heterocycles. The maximum Gasteiger partial charge on any atom is 0.280 e. The molecule has 0 radical (unpaired) electrons. The Bertz CT molecular complexity index is 535. The number of H-pyrrole nitrogens is 1. The molecule has 2 aromatic rings. The van der Waals surface area contributed by atoms with Gasteiger partial charge in [-0.05, 0) is 30.7 Å². The summed E-state index contributed by atoms with van der Waals surface area (Å²) in [4.78, 5) is 18.3. The van der Waals surface area contributed by atoms with Gasteiger partial charge in [-0.2, -0.15) is 0 Å². The van der Waals surface area contributed by atoms with Crippen LogP contribution in [0.2, 0.25) is 0 Å². The van der Waals surface area contributed by atoms with Crippen molar-refractivity contribution in [3.63, 3.8) is 0 Å². The van der Waals surface area contributed by atoms with Gasteiger partial charge in [-0.25, -0.2) is 8.78 Å².